The molecular formula is C18H19N5O2S. The molecule has 0 unspecified atom stereocenters. The molecule has 26 heavy (non-hydrogen) atoms. The first-order chi connectivity index (χ1) is 12.6. The van der Waals surface area contributed by atoms with E-state index in [1.165, 1.54) is 11.8 Å². The third-order valence-corrected chi connectivity index (χ3v) is 4.56. The van der Waals surface area contributed by atoms with Crippen LogP contribution in [0.15, 0.2) is 53.7 Å². The van der Waals surface area contributed by atoms with Crippen LogP contribution in [0.4, 0.5) is 5.69 Å². The minimum atomic E-state index is -0.0902. The zero-order chi connectivity index (χ0) is 18.4. The number of aryl methyl sites for hydroxylation is 2. The molecule has 0 spiro atoms. The number of benzene rings is 2. The van der Waals surface area contributed by atoms with Crippen molar-refractivity contribution >= 4 is 23.4 Å². The minimum Gasteiger partial charge on any atom is -0.455 e. The molecule has 1 amide bonds. The number of rotatable bonds is 7. The van der Waals surface area contributed by atoms with Gasteiger partial charge in [-0.05, 0) is 41.6 Å². The Bertz CT molecular complexity index is 879. The van der Waals surface area contributed by atoms with Crippen LogP contribution < -0.4 is 10.1 Å². The van der Waals surface area contributed by atoms with Crippen LogP contribution in [0.3, 0.4) is 0 Å². The highest BCUT2D eigenvalue weighted by Gasteiger charge is 2.10. The van der Waals surface area contributed by atoms with Gasteiger partial charge in [-0.2, -0.15) is 0 Å². The van der Waals surface area contributed by atoms with Gasteiger partial charge in [-0.25, -0.2) is 4.68 Å². The first kappa shape index (κ1) is 17.9. The van der Waals surface area contributed by atoms with E-state index < -0.39 is 0 Å². The Hall–Kier alpha value is -2.87. The average Bonchev–Trinajstić information content (AvgIpc) is 3.04. The lowest BCUT2D eigenvalue weighted by Gasteiger charge is -2.12. The number of nitrogens with zero attached hydrogens (tertiary/aromatic N) is 4. The lowest BCUT2D eigenvalue weighted by molar-refractivity contribution is -0.115. The molecule has 0 aliphatic rings. The van der Waals surface area contributed by atoms with Gasteiger partial charge in [0.15, 0.2) is 5.75 Å². The van der Waals surface area contributed by atoms with Gasteiger partial charge >= 0.3 is 0 Å². The van der Waals surface area contributed by atoms with Crippen molar-refractivity contribution in [3.63, 3.8) is 0 Å². The number of aromatic nitrogens is 4. The van der Waals surface area contributed by atoms with Crippen molar-refractivity contribution in [3.05, 3.63) is 54.1 Å². The van der Waals surface area contributed by atoms with E-state index >= 15 is 0 Å². The van der Waals surface area contributed by atoms with E-state index in [9.17, 15) is 4.79 Å². The molecule has 1 N–H and O–H groups in total. The Balaban J connectivity index is 1.58. The van der Waals surface area contributed by atoms with Crippen molar-refractivity contribution < 1.29 is 9.53 Å². The standard InChI is InChI=1S/C18H19N5O2S/c1-13-7-9-14(10-8-13)25-16-6-4-3-5-15(16)19-17(24)11-12-26-18-20-21-22-23(18)2/h3-10H,11-12H2,1-2H3,(H,19,24). The van der Waals surface area contributed by atoms with Crippen LogP contribution in [-0.2, 0) is 11.8 Å². The summed E-state index contributed by atoms with van der Waals surface area (Å²) >= 11 is 1.44. The van der Waals surface area contributed by atoms with Crippen LogP contribution in [0.2, 0.25) is 0 Å². The summed E-state index contributed by atoms with van der Waals surface area (Å²) in [4.78, 5) is 12.2. The summed E-state index contributed by atoms with van der Waals surface area (Å²) in [6, 6.07) is 15.1. The van der Waals surface area contributed by atoms with Gasteiger partial charge in [-0.3, -0.25) is 4.79 Å². The Kier molecular flexibility index (Phi) is 5.85. The molecule has 134 valence electrons. The third kappa shape index (κ3) is 4.82. The van der Waals surface area contributed by atoms with Crippen LogP contribution in [0.5, 0.6) is 11.5 Å². The summed E-state index contributed by atoms with van der Waals surface area (Å²) in [5.74, 6) is 1.83. The first-order valence-electron chi connectivity index (χ1n) is 8.10. The third-order valence-electron chi connectivity index (χ3n) is 3.55. The topological polar surface area (TPSA) is 81.9 Å². The number of tetrazole rings is 1. The van der Waals surface area contributed by atoms with E-state index in [1.807, 2.05) is 55.5 Å². The van der Waals surface area contributed by atoms with Gasteiger partial charge in [-0.15, -0.1) is 5.10 Å². The van der Waals surface area contributed by atoms with Crippen molar-refractivity contribution in [2.45, 2.75) is 18.5 Å². The Labute approximate surface area is 155 Å². The number of hydrogen-bond acceptors (Lipinski definition) is 6. The van der Waals surface area contributed by atoms with Gasteiger partial charge in [0.1, 0.15) is 5.75 Å². The molecule has 0 atom stereocenters. The number of anilines is 1. The van der Waals surface area contributed by atoms with Crippen LogP contribution in [0.25, 0.3) is 0 Å². The molecule has 2 aromatic carbocycles. The largest absolute Gasteiger partial charge is 0.455 e. The number of hydrogen-bond donors (Lipinski definition) is 1. The number of carbonyl (C=O) groups is 1. The van der Waals surface area contributed by atoms with Crippen molar-refractivity contribution in [1.29, 1.82) is 0 Å². The number of amides is 1. The van der Waals surface area contributed by atoms with Gasteiger partial charge < -0.3 is 10.1 Å². The predicted octanol–water partition coefficient (Wildman–Crippen LogP) is 3.43. The molecule has 3 rings (SSSR count). The Morgan fingerprint density at radius 3 is 2.69 bits per heavy atom. The second kappa shape index (κ2) is 8.48. The van der Waals surface area contributed by atoms with E-state index in [-0.39, 0.29) is 5.91 Å². The highest BCUT2D eigenvalue weighted by Crippen LogP contribution is 2.29. The zero-order valence-electron chi connectivity index (χ0n) is 14.5. The number of nitrogens with one attached hydrogen (secondary N) is 1. The smallest absolute Gasteiger partial charge is 0.225 e. The van der Waals surface area contributed by atoms with E-state index in [2.05, 4.69) is 20.8 Å². The molecule has 0 radical (unpaired) electrons. The second-order valence-electron chi connectivity index (χ2n) is 5.64. The number of ether oxygens (including phenoxy) is 1. The molecule has 0 saturated heterocycles. The number of para-hydroxylation sites is 2. The maximum atomic E-state index is 12.2. The molecule has 0 saturated carbocycles. The Morgan fingerprint density at radius 2 is 1.96 bits per heavy atom. The summed E-state index contributed by atoms with van der Waals surface area (Å²) in [6.45, 7) is 2.02. The van der Waals surface area contributed by atoms with Crippen LogP contribution in [0, 0.1) is 6.92 Å². The second-order valence-corrected chi connectivity index (χ2v) is 6.71. The molecule has 3 aromatic rings. The average molecular weight is 369 g/mol. The SMILES string of the molecule is Cc1ccc(Oc2ccccc2NC(=O)CCSc2nnnn2C)cc1. The van der Waals surface area contributed by atoms with Gasteiger partial charge in [0, 0.05) is 19.2 Å². The fourth-order valence-electron chi connectivity index (χ4n) is 2.18. The van der Waals surface area contributed by atoms with Gasteiger partial charge in [0.25, 0.3) is 0 Å². The lowest BCUT2D eigenvalue weighted by atomic mass is 10.2. The summed E-state index contributed by atoms with van der Waals surface area (Å²) in [5.41, 5.74) is 1.80. The zero-order valence-corrected chi connectivity index (χ0v) is 15.4. The fraction of sp³-hybridized carbons (Fsp3) is 0.222. The van der Waals surface area contributed by atoms with Gasteiger partial charge in [0.2, 0.25) is 11.1 Å². The molecule has 0 aliphatic heterocycles. The van der Waals surface area contributed by atoms with Crippen LogP contribution in [-0.4, -0.2) is 31.9 Å². The first-order valence-corrected chi connectivity index (χ1v) is 9.09. The number of thioether (sulfide) groups is 1. The van der Waals surface area contributed by atoms with Crippen molar-refractivity contribution in [2.24, 2.45) is 7.05 Å². The van der Waals surface area contributed by atoms with Crippen LogP contribution in [0.1, 0.15) is 12.0 Å². The molecule has 0 fully saturated rings. The molecule has 7 nitrogen and oxygen atoms in total. The molecular weight excluding hydrogens is 350 g/mol. The van der Waals surface area contributed by atoms with E-state index in [1.54, 1.807) is 11.7 Å². The monoisotopic (exact) mass is 369 g/mol. The normalized spacial score (nSPS) is 10.5. The number of carbonyl (C=O) groups excluding carboxylic acids is 1. The van der Waals surface area contributed by atoms with Crippen molar-refractivity contribution in [1.82, 2.24) is 20.2 Å². The maximum absolute atomic E-state index is 12.2. The molecule has 1 aromatic heterocycles. The van der Waals surface area contributed by atoms with E-state index in [0.29, 0.717) is 28.8 Å². The summed E-state index contributed by atoms with van der Waals surface area (Å²) in [7, 11) is 1.76. The molecule has 8 heteroatoms. The van der Waals surface area contributed by atoms with Crippen molar-refractivity contribution in [3.8, 4) is 11.5 Å². The van der Waals surface area contributed by atoms with Crippen molar-refractivity contribution in [2.75, 3.05) is 11.1 Å². The van der Waals surface area contributed by atoms with E-state index in [0.717, 1.165) is 11.3 Å². The molecule has 0 bridgehead atoms. The van der Waals surface area contributed by atoms with Gasteiger partial charge in [0.05, 0.1) is 5.69 Å². The fourth-order valence-corrected chi connectivity index (χ4v) is 2.97. The van der Waals surface area contributed by atoms with Crippen LogP contribution >= 0.6 is 11.8 Å². The highest BCUT2D eigenvalue weighted by molar-refractivity contribution is 7.99. The summed E-state index contributed by atoms with van der Waals surface area (Å²) < 4.78 is 7.47. The lowest BCUT2D eigenvalue weighted by Crippen LogP contribution is -2.13. The maximum Gasteiger partial charge on any atom is 0.225 e. The molecule has 0 aliphatic carbocycles. The quantitative estimate of drug-likeness (QED) is 0.643. The van der Waals surface area contributed by atoms with E-state index in [4.69, 9.17) is 4.74 Å². The summed E-state index contributed by atoms with van der Waals surface area (Å²) in [6.07, 6.45) is 0.344. The molecule has 1 heterocycles. The Morgan fingerprint density at radius 1 is 1.19 bits per heavy atom. The van der Waals surface area contributed by atoms with Gasteiger partial charge in [-0.1, -0.05) is 41.6 Å². The highest BCUT2D eigenvalue weighted by atomic mass is 32.2. The predicted molar refractivity (Wildman–Crippen MR) is 100 cm³/mol. The minimum absolute atomic E-state index is 0.0902. The summed E-state index contributed by atoms with van der Waals surface area (Å²) in [5, 5.41) is 14.8.